The number of nitrogens with zero attached hydrogens (tertiary/aromatic N) is 2. The number of halogens is 3. The lowest BCUT2D eigenvalue weighted by Gasteiger charge is -2.45. The molecule has 1 aliphatic carbocycles. The summed E-state index contributed by atoms with van der Waals surface area (Å²) in [6.45, 7) is 5.30. The van der Waals surface area contributed by atoms with Crippen LogP contribution in [-0.4, -0.2) is 46.4 Å². The van der Waals surface area contributed by atoms with Gasteiger partial charge in [0.1, 0.15) is 0 Å². The number of amides is 2. The van der Waals surface area contributed by atoms with Crippen molar-refractivity contribution in [2.75, 3.05) is 13.1 Å². The van der Waals surface area contributed by atoms with E-state index in [1.54, 1.807) is 11.0 Å². The maximum atomic E-state index is 13.5. The smallest absolute Gasteiger partial charge is 0.342 e. The Hall–Kier alpha value is -2.09. The van der Waals surface area contributed by atoms with Gasteiger partial charge in [0, 0.05) is 38.4 Å². The third-order valence-electron chi connectivity index (χ3n) is 7.89. The molecule has 2 atom stereocenters. The van der Waals surface area contributed by atoms with Gasteiger partial charge in [0.25, 0.3) is 0 Å². The molecule has 0 unspecified atom stereocenters. The number of rotatable bonds is 5. The van der Waals surface area contributed by atoms with E-state index in [0.717, 1.165) is 44.2 Å². The minimum absolute atomic E-state index is 0.0580. The molecule has 2 aliphatic heterocycles. The molecular weight excluding hydrogens is 431 g/mol. The van der Waals surface area contributed by atoms with Crippen molar-refractivity contribution in [1.82, 2.24) is 15.1 Å². The standard InChI is InChI=1S/C25H34F3N3O2/c1-3-17(2)21-23(33)31(16-18-7-6-10-20(15-18)25(26,27)28)24(29-21)11-13-30(14-12-24)22(32)19-8-4-5-9-19/h6-7,10,15,17,19,21,29H,3-5,8-9,11-14,16H2,1-2H3/t17-,21+/m1/s1. The first-order valence-electron chi connectivity index (χ1n) is 12.2. The molecule has 0 radical (unpaired) electrons. The summed E-state index contributed by atoms with van der Waals surface area (Å²) in [5, 5.41) is 3.57. The Labute approximate surface area is 193 Å². The van der Waals surface area contributed by atoms with E-state index in [1.807, 2.05) is 18.7 Å². The number of carbonyl (C=O) groups is 2. The number of nitrogens with one attached hydrogen (secondary N) is 1. The van der Waals surface area contributed by atoms with Crippen molar-refractivity contribution in [3.63, 3.8) is 0 Å². The van der Waals surface area contributed by atoms with E-state index in [0.29, 0.717) is 31.5 Å². The van der Waals surface area contributed by atoms with Crippen molar-refractivity contribution in [3.05, 3.63) is 35.4 Å². The summed E-state index contributed by atoms with van der Waals surface area (Å²) in [7, 11) is 0. The van der Waals surface area contributed by atoms with Gasteiger partial charge < -0.3 is 9.80 Å². The van der Waals surface area contributed by atoms with E-state index in [1.165, 1.54) is 6.07 Å². The lowest BCUT2D eigenvalue weighted by molar-refractivity contribution is -0.140. The number of carbonyl (C=O) groups excluding carboxylic acids is 2. The van der Waals surface area contributed by atoms with Crippen molar-refractivity contribution >= 4 is 11.8 Å². The predicted molar refractivity (Wildman–Crippen MR) is 119 cm³/mol. The summed E-state index contributed by atoms with van der Waals surface area (Å²) < 4.78 is 39.7. The van der Waals surface area contributed by atoms with E-state index in [-0.39, 0.29) is 36.2 Å². The average Bonchev–Trinajstić information content (AvgIpc) is 3.42. The van der Waals surface area contributed by atoms with Crippen LogP contribution in [0.1, 0.15) is 69.9 Å². The van der Waals surface area contributed by atoms with Crippen LogP contribution in [0.3, 0.4) is 0 Å². The highest BCUT2D eigenvalue weighted by Gasteiger charge is 2.53. The SMILES string of the molecule is CC[C@@H](C)[C@@H]1NC2(CCN(C(=O)C3CCCC3)CC2)N(Cc2cccc(C(F)(F)F)c2)C1=O. The van der Waals surface area contributed by atoms with Crippen molar-refractivity contribution in [2.45, 2.75) is 83.2 Å². The summed E-state index contributed by atoms with van der Waals surface area (Å²) in [4.78, 5) is 30.0. The Kier molecular flexibility index (Phi) is 6.76. The van der Waals surface area contributed by atoms with Crippen LogP contribution in [0.2, 0.25) is 0 Å². The normalized spacial score (nSPS) is 24.6. The Morgan fingerprint density at radius 2 is 1.88 bits per heavy atom. The molecular formula is C25H34F3N3O2. The lowest BCUT2D eigenvalue weighted by atomic mass is 9.93. The summed E-state index contributed by atoms with van der Waals surface area (Å²) >= 11 is 0. The second-order valence-corrected chi connectivity index (χ2v) is 9.97. The Morgan fingerprint density at radius 3 is 2.48 bits per heavy atom. The molecule has 3 aliphatic rings. The largest absolute Gasteiger partial charge is 0.416 e. The van der Waals surface area contributed by atoms with Gasteiger partial charge in [-0.05, 0) is 36.5 Å². The molecule has 3 fully saturated rings. The second kappa shape index (κ2) is 9.28. The van der Waals surface area contributed by atoms with Gasteiger partial charge in [-0.1, -0.05) is 45.2 Å². The molecule has 1 spiro atoms. The number of likely N-dealkylation sites (tertiary alicyclic amines) is 1. The van der Waals surface area contributed by atoms with E-state index < -0.39 is 17.4 Å². The van der Waals surface area contributed by atoms with E-state index in [2.05, 4.69) is 5.32 Å². The predicted octanol–water partition coefficient (Wildman–Crippen LogP) is 4.56. The molecule has 1 N–H and O–H groups in total. The molecule has 1 saturated carbocycles. The molecule has 182 valence electrons. The van der Waals surface area contributed by atoms with Crippen LogP contribution >= 0.6 is 0 Å². The zero-order valence-electron chi connectivity index (χ0n) is 19.5. The Balaban J connectivity index is 1.55. The number of hydrogen-bond acceptors (Lipinski definition) is 3. The fraction of sp³-hybridized carbons (Fsp3) is 0.680. The third-order valence-corrected chi connectivity index (χ3v) is 7.89. The van der Waals surface area contributed by atoms with Gasteiger partial charge in [0.15, 0.2) is 0 Å². The molecule has 2 saturated heterocycles. The lowest BCUT2D eigenvalue weighted by Crippen LogP contribution is -2.59. The highest BCUT2D eigenvalue weighted by Crippen LogP contribution is 2.38. The van der Waals surface area contributed by atoms with Crippen molar-refractivity contribution in [3.8, 4) is 0 Å². The minimum atomic E-state index is -4.42. The minimum Gasteiger partial charge on any atom is -0.342 e. The number of hydrogen-bond donors (Lipinski definition) is 1. The molecule has 8 heteroatoms. The summed E-state index contributed by atoms with van der Waals surface area (Å²) in [5.41, 5.74) is -0.871. The van der Waals surface area contributed by atoms with Crippen LogP contribution in [-0.2, 0) is 22.3 Å². The van der Waals surface area contributed by atoms with Crippen molar-refractivity contribution in [1.29, 1.82) is 0 Å². The van der Waals surface area contributed by atoms with Crippen molar-refractivity contribution < 1.29 is 22.8 Å². The van der Waals surface area contributed by atoms with E-state index >= 15 is 0 Å². The van der Waals surface area contributed by atoms with Crippen LogP contribution in [0.4, 0.5) is 13.2 Å². The molecule has 1 aromatic rings. The zero-order valence-corrected chi connectivity index (χ0v) is 19.5. The van der Waals surface area contributed by atoms with Crippen LogP contribution in [0.15, 0.2) is 24.3 Å². The number of piperidine rings is 1. The van der Waals surface area contributed by atoms with Gasteiger partial charge in [0.05, 0.1) is 17.3 Å². The third kappa shape index (κ3) is 4.77. The number of alkyl halides is 3. The van der Waals surface area contributed by atoms with Crippen molar-refractivity contribution in [2.24, 2.45) is 11.8 Å². The molecule has 2 heterocycles. The van der Waals surface area contributed by atoms with Gasteiger partial charge in [-0.2, -0.15) is 13.2 Å². The highest BCUT2D eigenvalue weighted by atomic mass is 19.4. The fourth-order valence-electron chi connectivity index (χ4n) is 5.63. The zero-order chi connectivity index (χ0) is 23.8. The summed E-state index contributed by atoms with van der Waals surface area (Å²) in [5.74, 6) is 0.386. The van der Waals surface area contributed by atoms with Crippen LogP contribution < -0.4 is 5.32 Å². The van der Waals surface area contributed by atoms with Crippen LogP contribution in [0, 0.1) is 11.8 Å². The molecule has 2 amide bonds. The van der Waals surface area contributed by atoms with Crippen LogP contribution in [0.5, 0.6) is 0 Å². The second-order valence-electron chi connectivity index (χ2n) is 9.97. The number of benzene rings is 1. The topological polar surface area (TPSA) is 52.7 Å². The molecule has 5 nitrogen and oxygen atoms in total. The first-order chi connectivity index (χ1) is 15.6. The molecule has 33 heavy (non-hydrogen) atoms. The van der Waals surface area contributed by atoms with E-state index in [4.69, 9.17) is 0 Å². The average molecular weight is 466 g/mol. The quantitative estimate of drug-likeness (QED) is 0.694. The maximum absolute atomic E-state index is 13.5. The first-order valence-corrected chi connectivity index (χ1v) is 12.2. The summed E-state index contributed by atoms with van der Waals surface area (Å²) in [6.07, 6.45) is 1.68. The van der Waals surface area contributed by atoms with Gasteiger partial charge in [-0.15, -0.1) is 0 Å². The molecule has 1 aromatic carbocycles. The summed E-state index contributed by atoms with van der Waals surface area (Å²) in [6, 6.07) is 4.87. The highest BCUT2D eigenvalue weighted by molar-refractivity contribution is 5.85. The fourth-order valence-corrected chi connectivity index (χ4v) is 5.63. The maximum Gasteiger partial charge on any atom is 0.416 e. The molecule has 0 aromatic heterocycles. The van der Waals surface area contributed by atoms with Gasteiger partial charge in [0.2, 0.25) is 11.8 Å². The molecule has 0 bridgehead atoms. The van der Waals surface area contributed by atoms with Gasteiger partial charge in [-0.25, -0.2) is 0 Å². The van der Waals surface area contributed by atoms with Gasteiger partial charge in [-0.3, -0.25) is 14.9 Å². The van der Waals surface area contributed by atoms with Crippen LogP contribution in [0.25, 0.3) is 0 Å². The van der Waals surface area contributed by atoms with E-state index in [9.17, 15) is 22.8 Å². The molecule has 4 rings (SSSR count). The van der Waals surface area contributed by atoms with Gasteiger partial charge >= 0.3 is 6.18 Å². The monoisotopic (exact) mass is 465 g/mol. The Bertz CT molecular complexity index is 874. The first kappa shape index (κ1) is 24.0. The Morgan fingerprint density at radius 1 is 1.21 bits per heavy atom.